The van der Waals surface area contributed by atoms with Gasteiger partial charge in [-0.3, -0.25) is 4.79 Å². The monoisotopic (exact) mass is 214 g/mol. The molecule has 0 aliphatic heterocycles. The number of ether oxygens (including phenoxy) is 1. The Morgan fingerprint density at radius 3 is 3.00 bits per heavy atom. The van der Waals surface area contributed by atoms with Gasteiger partial charge < -0.3 is 20.3 Å². The second-order valence-corrected chi connectivity index (χ2v) is 3.01. The molecule has 84 valence electrons. The highest BCUT2D eigenvalue weighted by atomic mass is 16.5. The number of nitrogens with zero attached hydrogens (tertiary/aromatic N) is 2. The van der Waals surface area contributed by atoms with Crippen LogP contribution in [0.15, 0.2) is 4.52 Å². The molecule has 0 radical (unpaired) electrons. The molecule has 1 rings (SSSR count). The number of carbonyl (C=O) groups is 1. The number of nitrogens with two attached hydrogens (primary N) is 1. The number of amides is 1. The Kier molecular flexibility index (Phi) is 4.19. The quantitative estimate of drug-likeness (QED) is 0.649. The van der Waals surface area contributed by atoms with Crippen molar-refractivity contribution in [3.05, 3.63) is 11.7 Å². The van der Waals surface area contributed by atoms with E-state index >= 15 is 0 Å². The third-order valence-corrected chi connectivity index (χ3v) is 1.67. The number of nitrogens with one attached hydrogen (secondary N) is 1. The van der Waals surface area contributed by atoms with E-state index in [1.54, 1.807) is 6.92 Å². The summed E-state index contributed by atoms with van der Waals surface area (Å²) in [7, 11) is 1.48. The van der Waals surface area contributed by atoms with E-state index in [2.05, 4.69) is 15.5 Å². The molecule has 1 aromatic heterocycles. The van der Waals surface area contributed by atoms with Crippen LogP contribution in [0.4, 0.5) is 0 Å². The first-order valence-electron chi connectivity index (χ1n) is 4.45. The van der Waals surface area contributed by atoms with Gasteiger partial charge in [0.1, 0.15) is 6.04 Å². The fraction of sp³-hybridized carbons (Fsp3) is 0.625. The Hall–Kier alpha value is -1.47. The highest BCUT2D eigenvalue weighted by Crippen LogP contribution is 1.94. The number of aromatic nitrogens is 2. The summed E-state index contributed by atoms with van der Waals surface area (Å²) in [5.74, 6) is 0.574. The standard InChI is InChI=1S/C8H14N4O3/c1-5-11-7(12-15-5)3-10-8(13)6(9)4-14-2/h6H,3-4,9H2,1-2H3,(H,10,13). The molecule has 0 aliphatic carbocycles. The van der Waals surface area contributed by atoms with Crippen LogP contribution in [0.5, 0.6) is 0 Å². The average Bonchev–Trinajstić information content (AvgIpc) is 2.61. The summed E-state index contributed by atoms with van der Waals surface area (Å²) in [6.07, 6.45) is 0. The molecular weight excluding hydrogens is 200 g/mol. The molecule has 1 amide bonds. The number of carbonyl (C=O) groups excluding carboxylic acids is 1. The molecule has 1 aromatic rings. The summed E-state index contributed by atoms with van der Waals surface area (Å²) in [4.78, 5) is 15.2. The maximum Gasteiger partial charge on any atom is 0.239 e. The van der Waals surface area contributed by atoms with Gasteiger partial charge in [0, 0.05) is 14.0 Å². The second-order valence-electron chi connectivity index (χ2n) is 3.01. The first-order valence-corrected chi connectivity index (χ1v) is 4.45. The van der Waals surface area contributed by atoms with Gasteiger partial charge in [0.2, 0.25) is 11.8 Å². The lowest BCUT2D eigenvalue weighted by Crippen LogP contribution is -2.43. The molecule has 0 fully saturated rings. The van der Waals surface area contributed by atoms with Crippen molar-refractivity contribution in [1.29, 1.82) is 0 Å². The van der Waals surface area contributed by atoms with Crippen LogP contribution >= 0.6 is 0 Å². The van der Waals surface area contributed by atoms with E-state index in [0.29, 0.717) is 11.7 Å². The lowest BCUT2D eigenvalue weighted by molar-refractivity contribution is -0.123. The molecule has 0 aromatic carbocycles. The predicted octanol–water partition coefficient (Wildman–Crippen LogP) is -1.03. The van der Waals surface area contributed by atoms with Crippen molar-refractivity contribution >= 4 is 5.91 Å². The Bertz CT molecular complexity index is 325. The van der Waals surface area contributed by atoms with Crippen LogP contribution in [0.2, 0.25) is 0 Å². The lowest BCUT2D eigenvalue weighted by Gasteiger charge is -2.09. The maximum absolute atomic E-state index is 11.3. The fourth-order valence-electron chi connectivity index (χ4n) is 0.966. The van der Waals surface area contributed by atoms with Crippen LogP contribution in [-0.4, -0.2) is 35.8 Å². The number of hydrogen-bond donors (Lipinski definition) is 2. The second kappa shape index (κ2) is 5.42. The van der Waals surface area contributed by atoms with Crippen molar-refractivity contribution in [2.75, 3.05) is 13.7 Å². The molecule has 0 bridgehead atoms. The summed E-state index contributed by atoms with van der Waals surface area (Å²) in [6.45, 7) is 2.06. The summed E-state index contributed by atoms with van der Waals surface area (Å²) < 4.78 is 9.48. The minimum atomic E-state index is -0.678. The van der Waals surface area contributed by atoms with Crippen LogP contribution < -0.4 is 11.1 Å². The molecule has 1 heterocycles. The molecule has 1 unspecified atom stereocenters. The first-order chi connectivity index (χ1) is 7.13. The van der Waals surface area contributed by atoms with Crippen LogP contribution in [0.1, 0.15) is 11.7 Å². The van der Waals surface area contributed by atoms with Gasteiger partial charge in [-0.2, -0.15) is 4.98 Å². The SMILES string of the molecule is COCC(N)C(=O)NCc1noc(C)n1. The van der Waals surface area contributed by atoms with Crippen LogP contribution in [0, 0.1) is 6.92 Å². The van der Waals surface area contributed by atoms with Gasteiger partial charge in [-0.05, 0) is 0 Å². The van der Waals surface area contributed by atoms with E-state index in [1.165, 1.54) is 7.11 Å². The Labute approximate surface area is 87.0 Å². The van der Waals surface area contributed by atoms with Crippen molar-refractivity contribution in [1.82, 2.24) is 15.5 Å². The summed E-state index contributed by atoms with van der Waals surface area (Å²) in [5.41, 5.74) is 5.50. The normalized spacial score (nSPS) is 12.5. The van der Waals surface area contributed by atoms with E-state index in [0.717, 1.165) is 0 Å². The molecule has 7 nitrogen and oxygen atoms in total. The first kappa shape index (κ1) is 11.6. The lowest BCUT2D eigenvalue weighted by atomic mass is 10.3. The fourth-order valence-corrected chi connectivity index (χ4v) is 0.966. The van der Waals surface area contributed by atoms with E-state index in [4.69, 9.17) is 15.0 Å². The van der Waals surface area contributed by atoms with Gasteiger partial charge in [0.05, 0.1) is 13.2 Å². The van der Waals surface area contributed by atoms with Gasteiger partial charge in [-0.1, -0.05) is 5.16 Å². The number of rotatable bonds is 5. The molecule has 0 aliphatic rings. The third-order valence-electron chi connectivity index (χ3n) is 1.67. The topological polar surface area (TPSA) is 103 Å². The summed E-state index contributed by atoms with van der Waals surface area (Å²) in [6, 6.07) is -0.678. The van der Waals surface area contributed by atoms with Gasteiger partial charge in [-0.15, -0.1) is 0 Å². The molecule has 7 heteroatoms. The molecule has 0 spiro atoms. The number of aryl methyl sites for hydroxylation is 1. The highest BCUT2D eigenvalue weighted by molar-refractivity contribution is 5.81. The Morgan fingerprint density at radius 1 is 1.73 bits per heavy atom. The van der Waals surface area contributed by atoms with Crippen molar-refractivity contribution in [2.24, 2.45) is 5.73 Å². The third kappa shape index (κ3) is 3.64. The van der Waals surface area contributed by atoms with E-state index in [9.17, 15) is 4.79 Å². The average molecular weight is 214 g/mol. The molecule has 1 atom stereocenters. The minimum absolute atomic E-state index is 0.178. The zero-order valence-corrected chi connectivity index (χ0v) is 8.69. The maximum atomic E-state index is 11.3. The highest BCUT2D eigenvalue weighted by Gasteiger charge is 2.13. The van der Waals surface area contributed by atoms with E-state index in [-0.39, 0.29) is 19.1 Å². The van der Waals surface area contributed by atoms with Crippen LogP contribution in [0.25, 0.3) is 0 Å². The Balaban J connectivity index is 2.34. The van der Waals surface area contributed by atoms with Gasteiger partial charge in [-0.25, -0.2) is 0 Å². The molecular formula is C8H14N4O3. The molecule has 3 N–H and O–H groups in total. The zero-order valence-electron chi connectivity index (χ0n) is 8.69. The van der Waals surface area contributed by atoms with E-state index < -0.39 is 6.04 Å². The van der Waals surface area contributed by atoms with Crippen LogP contribution in [-0.2, 0) is 16.1 Å². The summed E-state index contributed by atoms with van der Waals surface area (Å²) in [5, 5.41) is 6.19. The predicted molar refractivity (Wildman–Crippen MR) is 50.7 cm³/mol. The largest absolute Gasteiger partial charge is 0.383 e. The zero-order chi connectivity index (χ0) is 11.3. The Morgan fingerprint density at radius 2 is 2.47 bits per heavy atom. The van der Waals surface area contributed by atoms with Crippen LogP contribution in [0.3, 0.4) is 0 Å². The minimum Gasteiger partial charge on any atom is -0.383 e. The van der Waals surface area contributed by atoms with Gasteiger partial charge in [0.15, 0.2) is 5.82 Å². The van der Waals surface area contributed by atoms with Crippen molar-refractivity contribution in [2.45, 2.75) is 19.5 Å². The van der Waals surface area contributed by atoms with Gasteiger partial charge >= 0.3 is 0 Å². The number of methoxy groups -OCH3 is 1. The van der Waals surface area contributed by atoms with Crippen molar-refractivity contribution in [3.8, 4) is 0 Å². The van der Waals surface area contributed by atoms with Gasteiger partial charge in [0.25, 0.3) is 0 Å². The molecule has 15 heavy (non-hydrogen) atoms. The van der Waals surface area contributed by atoms with Crippen molar-refractivity contribution in [3.63, 3.8) is 0 Å². The molecule has 0 saturated heterocycles. The van der Waals surface area contributed by atoms with Crippen molar-refractivity contribution < 1.29 is 14.1 Å². The molecule has 0 saturated carbocycles. The number of hydrogen-bond acceptors (Lipinski definition) is 6. The smallest absolute Gasteiger partial charge is 0.239 e. The van der Waals surface area contributed by atoms with E-state index in [1.807, 2.05) is 0 Å². The summed E-state index contributed by atoms with van der Waals surface area (Å²) >= 11 is 0.